The number of allylic oxidation sites excluding steroid dienone is 2. The Hall–Kier alpha value is -7.69. The number of imidazole rings is 1. The number of hydrogen-bond donors (Lipinski definition) is 7. The predicted molar refractivity (Wildman–Crippen MR) is 274 cm³/mol. The number of aryl methyl sites for hydroxylation is 2. The van der Waals surface area contributed by atoms with Crippen LogP contribution < -0.4 is 48.4 Å². The van der Waals surface area contributed by atoms with E-state index in [4.69, 9.17) is 36.4 Å². The third kappa shape index (κ3) is 17.8. The molecule has 0 fully saturated rings. The molecule has 380 valence electrons. The van der Waals surface area contributed by atoms with Gasteiger partial charge in [0.15, 0.2) is 0 Å². The summed E-state index contributed by atoms with van der Waals surface area (Å²) in [5.74, 6) is 0.0834. The molecular formula is C47H67N13O9S. The molecule has 22 nitrogen and oxygen atoms in total. The van der Waals surface area contributed by atoms with Crippen LogP contribution in [0.4, 0.5) is 32.6 Å². The zero-order valence-electron chi connectivity index (χ0n) is 41.3. The van der Waals surface area contributed by atoms with Crippen LogP contribution in [0.5, 0.6) is 11.5 Å². The maximum Gasteiger partial charge on any atom is 0.412 e. The van der Waals surface area contributed by atoms with Crippen molar-refractivity contribution in [2.75, 3.05) is 60.1 Å². The van der Waals surface area contributed by atoms with Gasteiger partial charge in [-0.05, 0) is 96.4 Å². The zero-order chi connectivity index (χ0) is 52.0. The van der Waals surface area contributed by atoms with Crippen molar-refractivity contribution in [2.24, 2.45) is 17.2 Å². The maximum atomic E-state index is 13.6. The Morgan fingerprint density at radius 3 is 2.19 bits per heavy atom. The second kappa shape index (κ2) is 28.0. The number of nitrogens with one attached hydrogen (secondary N) is 3. The molecule has 0 aliphatic rings. The van der Waals surface area contributed by atoms with Crippen LogP contribution in [0.15, 0.2) is 67.0 Å². The van der Waals surface area contributed by atoms with Gasteiger partial charge in [-0.15, -0.1) is 0 Å². The molecule has 11 N–H and O–H groups in total. The summed E-state index contributed by atoms with van der Waals surface area (Å²) in [5, 5.41) is 17.5. The number of fused-ring (bicyclic) bond motifs is 1. The van der Waals surface area contributed by atoms with Gasteiger partial charge >= 0.3 is 12.2 Å². The molecule has 0 saturated heterocycles. The summed E-state index contributed by atoms with van der Waals surface area (Å²) in [6.45, 7) is 17.0. The topological polar surface area (TPSA) is 316 Å². The molecule has 0 unspecified atom stereocenters. The van der Waals surface area contributed by atoms with E-state index in [9.17, 15) is 24.0 Å². The molecule has 5 amide bonds. The van der Waals surface area contributed by atoms with Gasteiger partial charge in [0.05, 0.1) is 48.5 Å². The zero-order valence-corrected chi connectivity index (χ0v) is 42.1. The molecule has 2 aromatic carbocycles. The lowest BCUT2D eigenvalue weighted by molar-refractivity contribution is 0.0635. The molecule has 0 aliphatic carbocycles. The van der Waals surface area contributed by atoms with Gasteiger partial charge in [-0.3, -0.25) is 34.4 Å². The Kier molecular flexibility index (Phi) is 22.6. The lowest BCUT2D eigenvalue weighted by Crippen LogP contribution is -2.27. The first-order chi connectivity index (χ1) is 33.3. The van der Waals surface area contributed by atoms with Crippen LogP contribution in [0.3, 0.4) is 0 Å². The van der Waals surface area contributed by atoms with Crippen molar-refractivity contribution in [2.45, 2.75) is 87.0 Å². The highest BCUT2D eigenvalue weighted by atomic mass is 32.2. The number of primary amides is 3. The number of rotatable bonds is 22. The van der Waals surface area contributed by atoms with Crippen molar-refractivity contribution in [3.05, 3.63) is 89.5 Å². The van der Waals surface area contributed by atoms with Crippen molar-refractivity contribution >= 4 is 75.7 Å². The van der Waals surface area contributed by atoms with Crippen LogP contribution in [0.1, 0.15) is 91.8 Å². The van der Waals surface area contributed by atoms with Crippen molar-refractivity contribution in [3.8, 4) is 11.5 Å². The highest BCUT2D eigenvalue weighted by molar-refractivity contribution is 7.98. The molecule has 3 heterocycles. The van der Waals surface area contributed by atoms with Crippen LogP contribution in [-0.2, 0) is 29.1 Å². The molecule has 0 aliphatic heterocycles. The summed E-state index contributed by atoms with van der Waals surface area (Å²) < 4.78 is 26.7. The molecule has 23 heteroatoms. The Bertz CT molecular complexity index is 2610. The minimum absolute atomic E-state index is 0.121. The van der Waals surface area contributed by atoms with E-state index in [0.29, 0.717) is 71.6 Å². The number of nitrogens with two attached hydrogens (primary N) is 4. The number of carbonyl (C=O) groups excluding carboxylic acids is 5. The van der Waals surface area contributed by atoms with Crippen molar-refractivity contribution in [1.29, 1.82) is 0 Å². The summed E-state index contributed by atoms with van der Waals surface area (Å²) in [6, 6.07) is 7.84. The van der Waals surface area contributed by atoms with Gasteiger partial charge in [-0.1, -0.05) is 32.1 Å². The van der Waals surface area contributed by atoms with Crippen LogP contribution in [0, 0.1) is 6.92 Å². The van der Waals surface area contributed by atoms with Crippen LogP contribution >= 0.6 is 11.8 Å². The average molecular weight is 990 g/mol. The largest absolute Gasteiger partial charge is 0.491 e. The predicted octanol–water partition coefficient (Wildman–Crippen LogP) is 6.70. The van der Waals surface area contributed by atoms with Gasteiger partial charge in [0, 0.05) is 37.0 Å². The fourth-order valence-corrected chi connectivity index (χ4v) is 6.67. The minimum atomic E-state index is -0.711. The number of nitrogen functional groups attached to an aromatic ring is 1. The van der Waals surface area contributed by atoms with E-state index in [0.717, 1.165) is 12.2 Å². The molecular weight excluding hydrogens is 923 g/mol. The first-order valence-electron chi connectivity index (χ1n) is 22.5. The highest BCUT2D eigenvalue weighted by Gasteiger charge is 2.22. The van der Waals surface area contributed by atoms with E-state index in [1.807, 2.05) is 52.2 Å². The van der Waals surface area contributed by atoms with Gasteiger partial charge < -0.3 is 51.8 Å². The molecule has 0 bridgehead atoms. The average Bonchev–Trinajstić information content (AvgIpc) is 4.01. The van der Waals surface area contributed by atoms with Gasteiger partial charge in [-0.25, -0.2) is 14.6 Å². The second-order valence-corrected chi connectivity index (χ2v) is 16.6. The number of aromatic nitrogens is 6. The normalized spacial score (nSPS) is 11.0. The third-order valence-electron chi connectivity index (χ3n) is 9.13. The van der Waals surface area contributed by atoms with E-state index < -0.39 is 35.5 Å². The number of amides is 5. The standard InChI is InChI=1S/C42H54N12O7S.C3H7NO2.C2H6/c1-7-54-32(19-26(2)51-54)39(57)50-40-49-31-21-28(38(45)56)23-34(60-17-12-18-62-6)36(31)53(40)15-9-8-13-46-35-30(43)20-27(37(44)55)22-33(35)59-16-11-10-14-52-25-29(24-47-52)48-41(58)61-42(3,4)5;1-2-6-3(4)5;1-2/h8-11,19-25,46H,7,12-18,43H2,1-6H3,(H2,44,55)(H2,45,56)(H,48,58)(H,49,50,57);2H2,1H3,(H2,4,5);1-2H3/b9-8+,11-10+;;. The first-order valence-corrected chi connectivity index (χ1v) is 23.9. The Labute approximate surface area is 411 Å². The Balaban J connectivity index is 0.00000150. The molecule has 0 atom stereocenters. The fourth-order valence-electron chi connectivity index (χ4n) is 6.26. The number of anilines is 4. The number of benzene rings is 2. The van der Waals surface area contributed by atoms with Crippen LogP contribution in [-0.4, -0.2) is 103 Å². The van der Waals surface area contributed by atoms with E-state index in [-0.39, 0.29) is 42.5 Å². The number of thioether (sulfide) groups is 1. The Morgan fingerprint density at radius 2 is 1.56 bits per heavy atom. The maximum absolute atomic E-state index is 13.6. The molecule has 3 aromatic heterocycles. The van der Waals surface area contributed by atoms with Crippen molar-refractivity contribution < 1.29 is 42.9 Å². The van der Waals surface area contributed by atoms with Gasteiger partial charge in [0.2, 0.25) is 17.8 Å². The van der Waals surface area contributed by atoms with E-state index in [1.165, 1.54) is 18.3 Å². The van der Waals surface area contributed by atoms with Crippen LogP contribution in [0.25, 0.3) is 11.0 Å². The molecule has 0 radical (unpaired) electrons. The highest BCUT2D eigenvalue weighted by Crippen LogP contribution is 2.34. The first kappa shape index (κ1) is 56.6. The lowest BCUT2D eigenvalue weighted by Gasteiger charge is -2.19. The summed E-state index contributed by atoms with van der Waals surface area (Å²) in [4.78, 5) is 64.5. The summed E-state index contributed by atoms with van der Waals surface area (Å²) in [7, 11) is 0. The van der Waals surface area contributed by atoms with Crippen molar-refractivity contribution in [1.82, 2.24) is 29.1 Å². The molecule has 5 rings (SSSR count). The quantitative estimate of drug-likeness (QED) is 0.0216. The van der Waals surface area contributed by atoms with E-state index >= 15 is 0 Å². The van der Waals surface area contributed by atoms with Gasteiger partial charge in [0.1, 0.15) is 40.6 Å². The van der Waals surface area contributed by atoms with E-state index in [2.05, 4.69) is 36.6 Å². The SMILES string of the molecule is CC.CCOC(N)=O.CCn1nc(C)cc1C(=O)Nc1nc2cc(C(N)=O)cc(OCCCSC)c2n1C/C=C/CNc1c(N)cc(C(N)=O)cc1OC/C=C/Cn1cc(NC(=O)OC(C)(C)C)cn1. The molecule has 0 saturated carbocycles. The monoisotopic (exact) mass is 989 g/mol. The van der Waals surface area contributed by atoms with Crippen molar-refractivity contribution in [3.63, 3.8) is 0 Å². The summed E-state index contributed by atoms with van der Waals surface area (Å²) in [5.41, 5.74) is 25.2. The minimum Gasteiger partial charge on any atom is -0.491 e. The number of nitrogens with zero attached hydrogens (tertiary/aromatic N) is 6. The summed E-state index contributed by atoms with van der Waals surface area (Å²) >= 11 is 1.69. The number of carbonyl (C=O) groups is 5. The second-order valence-electron chi connectivity index (χ2n) is 15.7. The number of hydrogen-bond acceptors (Lipinski definition) is 15. The number of ether oxygens (including phenoxy) is 4. The smallest absolute Gasteiger partial charge is 0.412 e. The molecule has 70 heavy (non-hydrogen) atoms. The third-order valence-corrected chi connectivity index (χ3v) is 9.83. The van der Waals surface area contributed by atoms with Gasteiger partial charge in [0.25, 0.3) is 5.91 Å². The molecule has 0 spiro atoms. The summed E-state index contributed by atoms with van der Waals surface area (Å²) in [6.07, 6.45) is 12.0. The van der Waals surface area contributed by atoms with Gasteiger partial charge in [-0.2, -0.15) is 22.0 Å². The lowest BCUT2D eigenvalue weighted by atomic mass is 10.1. The Morgan fingerprint density at radius 1 is 0.871 bits per heavy atom. The van der Waals surface area contributed by atoms with E-state index in [1.54, 1.807) is 83.9 Å². The fraction of sp³-hybridized carbons (Fsp3) is 0.404. The van der Waals surface area contributed by atoms with Crippen LogP contribution in [0.2, 0.25) is 0 Å². The molecule has 5 aromatic rings.